The van der Waals surface area contributed by atoms with Gasteiger partial charge in [-0.2, -0.15) is 0 Å². The second-order valence-corrected chi connectivity index (χ2v) is 2.52. The summed E-state index contributed by atoms with van der Waals surface area (Å²) >= 11 is 0. The van der Waals surface area contributed by atoms with E-state index in [0.29, 0.717) is 6.29 Å². The van der Waals surface area contributed by atoms with Gasteiger partial charge in [-0.25, -0.2) is 0 Å². The van der Waals surface area contributed by atoms with E-state index in [1.54, 1.807) is 6.20 Å². The number of allylic oxidation sites excluding steroid dienone is 1. The Morgan fingerprint density at radius 3 is 2.29 bits per heavy atom. The van der Waals surface area contributed by atoms with Crippen LogP contribution < -0.4 is 22.3 Å². The van der Waals surface area contributed by atoms with Crippen molar-refractivity contribution in [3.63, 3.8) is 0 Å². The molecule has 6 N–H and O–H groups in total. The van der Waals surface area contributed by atoms with Crippen LogP contribution >= 0.6 is 0 Å². The zero-order chi connectivity index (χ0) is 11.2. The molecule has 0 fully saturated rings. The molecule has 0 spiro atoms. The number of carbonyl (C=O) groups excluding carboxylic acids is 1. The van der Waals surface area contributed by atoms with Crippen molar-refractivity contribution < 1.29 is 4.79 Å². The first kappa shape index (κ1) is 15.4. The Hall–Kier alpha value is -1.07. The van der Waals surface area contributed by atoms with Crippen LogP contribution in [0.25, 0.3) is 0 Å². The molecule has 0 aromatic rings. The fourth-order valence-corrected chi connectivity index (χ4v) is 0.809. The molecule has 0 saturated carbocycles. The van der Waals surface area contributed by atoms with Crippen LogP contribution in [0, 0.1) is 0 Å². The molecule has 14 heavy (non-hydrogen) atoms. The van der Waals surface area contributed by atoms with Crippen molar-refractivity contribution in [1.82, 2.24) is 10.7 Å². The smallest absolute Gasteiger partial charge is 0.133 e. The van der Waals surface area contributed by atoms with Crippen molar-refractivity contribution in [1.29, 1.82) is 0 Å². The predicted octanol–water partition coefficient (Wildman–Crippen LogP) is -0.155. The van der Waals surface area contributed by atoms with Crippen molar-refractivity contribution >= 4 is 6.29 Å². The lowest BCUT2D eigenvalue weighted by molar-refractivity contribution is -0.106. The van der Waals surface area contributed by atoms with E-state index >= 15 is 0 Å². The normalized spacial score (nSPS) is 9.86. The van der Waals surface area contributed by atoms with Crippen LogP contribution in [-0.4, -0.2) is 19.4 Å². The van der Waals surface area contributed by atoms with Gasteiger partial charge >= 0.3 is 0 Å². The van der Waals surface area contributed by atoms with Crippen molar-refractivity contribution in [3.05, 3.63) is 11.9 Å². The van der Waals surface area contributed by atoms with Gasteiger partial charge in [0.05, 0.1) is 0 Å². The van der Waals surface area contributed by atoms with Crippen LogP contribution in [0.2, 0.25) is 0 Å². The van der Waals surface area contributed by atoms with Gasteiger partial charge in [0.25, 0.3) is 0 Å². The zero-order valence-corrected chi connectivity index (χ0v) is 9.05. The van der Waals surface area contributed by atoms with Crippen LogP contribution in [0.1, 0.15) is 26.7 Å². The van der Waals surface area contributed by atoms with Crippen LogP contribution in [0.5, 0.6) is 0 Å². The van der Waals surface area contributed by atoms with E-state index in [1.165, 1.54) is 5.70 Å². The summed E-state index contributed by atoms with van der Waals surface area (Å²) in [5, 5.41) is 3.20. The fourth-order valence-electron chi connectivity index (χ4n) is 0.809. The SMILES string of the molecule is CCCC(=CNN)NCC.NCC=O. The summed E-state index contributed by atoms with van der Waals surface area (Å²) in [6, 6.07) is 0. The van der Waals surface area contributed by atoms with Crippen molar-refractivity contribution in [2.45, 2.75) is 26.7 Å². The number of hydrogen-bond acceptors (Lipinski definition) is 5. The second kappa shape index (κ2) is 14.5. The van der Waals surface area contributed by atoms with E-state index < -0.39 is 0 Å². The van der Waals surface area contributed by atoms with Gasteiger partial charge in [0, 0.05) is 25.0 Å². The molecule has 0 aliphatic carbocycles. The third-order valence-electron chi connectivity index (χ3n) is 1.28. The van der Waals surface area contributed by atoms with Gasteiger partial charge in [-0.15, -0.1) is 0 Å². The summed E-state index contributed by atoms with van der Waals surface area (Å²) in [5.74, 6) is 5.12. The highest BCUT2D eigenvalue weighted by molar-refractivity contribution is 5.51. The summed E-state index contributed by atoms with van der Waals surface area (Å²) in [4.78, 5) is 9.05. The topological polar surface area (TPSA) is 93.2 Å². The lowest BCUT2D eigenvalue weighted by atomic mass is 10.2. The number of aldehydes is 1. The molecular formula is C9H22N4O. The Labute approximate surface area is 85.9 Å². The number of nitrogens with one attached hydrogen (secondary N) is 2. The molecule has 0 amide bonds. The van der Waals surface area contributed by atoms with Gasteiger partial charge in [0.2, 0.25) is 0 Å². The second-order valence-electron chi connectivity index (χ2n) is 2.52. The first-order valence-electron chi connectivity index (χ1n) is 4.79. The molecule has 0 aliphatic heterocycles. The molecule has 0 radical (unpaired) electrons. The molecule has 84 valence electrons. The van der Waals surface area contributed by atoms with Crippen molar-refractivity contribution in [3.8, 4) is 0 Å². The molecule has 0 unspecified atom stereocenters. The largest absolute Gasteiger partial charge is 0.387 e. The maximum absolute atomic E-state index is 9.05. The van der Waals surface area contributed by atoms with Gasteiger partial charge < -0.3 is 21.3 Å². The highest BCUT2D eigenvalue weighted by Crippen LogP contribution is 1.97. The van der Waals surface area contributed by atoms with Crippen molar-refractivity contribution in [2.75, 3.05) is 13.1 Å². The maximum atomic E-state index is 9.05. The minimum absolute atomic E-state index is 0.139. The minimum atomic E-state index is 0.139. The Morgan fingerprint density at radius 2 is 2.00 bits per heavy atom. The number of nitrogens with two attached hydrogens (primary N) is 2. The van der Waals surface area contributed by atoms with Gasteiger partial charge in [0.15, 0.2) is 0 Å². The quantitative estimate of drug-likeness (QED) is 0.273. The van der Waals surface area contributed by atoms with Crippen LogP contribution in [0.3, 0.4) is 0 Å². The standard InChI is InChI=1S/C7H17N3.C2H5NO/c1-3-5-7(6-10-8)9-4-2;3-1-2-4/h6,9-10H,3-5,8H2,1-2H3;2H,1,3H2. The molecule has 5 heteroatoms. The average Bonchev–Trinajstić information content (AvgIpc) is 2.20. The van der Waals surface area contributed by atoms with E-state index in [-0.39, 0.29) is 6.54 Å². The highest BCUT2D eigenvalue weighted by Gasteiger charge is 1.90. The molecule has 0 aromatic carbocycles. The zero-order valence-electron chi connectivity index (χ0n) is 9.05. The van der Waals surface area contributed by atoms with Gasteiger partial charge in [-0.3, -0.25) is 5.84 Å². The summed E-state index contributed by atoms with van der Waals surface area (Å²) < 4.78 is 0. The van der Waals surface area contributed by atoms with Crippen molar-refractivity contribution in [2.24, 2.45) is 11.6 Å². The van der Waals surface area contributed by atoms with E-state index in [2.05, 4.69) is 30.3 Å². The number of hydrogen-bond donors (Lipinski definition) is 4. The van der Waals surface area contributed by atoms with Gasteiger partial charge in [0.1, 0.15) is 6.29 Å². The monoisotopic (exact) mass is 202 g/mol. The molecule has 0 bridgehead atoms. The lowest BCUT2D eigenvalue weighted by Gasteiger charge is -2.06. The van der Waals surface area contributed by atoms with Gasteiger partial charge in [-0.1, -0.05) is 13.3 Å². The fraction of sp³-hybridized carbons (Fsp3) is 0.667. The molecule has 0 saturated heterocycles. The van der Waals surface area contributed by atoms with Crippen LogP contribution in [0.4, 0.5) is 0 Å². The Balaban J connectivity index is 0. The Bertz CT molecular complexity index is 140. The third-order valence-corrected chi connectivity index (χ3v) is 1.28. The number of carbonyl (C=O) groups is 1. The highest BCUT2D eigenvalue weighted by atomic mass is 16.1. The maximum Gasteiger partial charge on any atom is 0.133 e. The average molecular weight is 202 g/mol. The summed E-state index contributed by atoms with van der Waals surface area (Å²) in [6.45, 7) is 5.30. The van der Waals surface area contributed by atoms with E-state index in [0.717, 1.165) is 19.4 Å². The molecule has 0 aromatic heterocycles. The predicted molar refractivity (Wildman–Crippen MR) is 59.1 cm³/mol. The first-order chi connectivity index (χ1) is 6.76. The van der Waals surface area contributed by atoms with E-state index in [9.17, 15) is 0 Å². The molecule has 0 aliphatic rings. The molecule has 0 heterocycles. The van der Waals surface area contributed by atoms with Gasteiger partial charge in [-0.05, 0) is 13.3 Å². The Kier molecular flexibility index (Phi) is 15.9. The molecular weight excluding hydrogens is 180 g/mol. The van der Waals surface area contributed by atoms with Crippen LogP contribution in [-0.2, 0) is 4.79 Å². The number of hydrazine groups is 1. The third kappa shape index (κ3) is 13.5. The Morgan fingerprint density at radius 1 is 1.43 bits per heavy atom. The summed E-state index contributed by atoms with van der Waals surface area (Å²) in [5.41, 5.74) is 8.35. The summed E-state index contributed by atoms with van der Waals surface area (Å²) in [6.07, 6.45) is 4.64. The number of rotatable bonds is 6. The first-order valence-corrected chi connectivity index (χ1v) is 4.79. The van der Waals surface area contributed by atoms with E-state index in [1.807, 2.05) is 0 Å². The molecule has 5 nitrogen and oxygen atoms in total. The molecule has 0 rings (SSSR count). The molecule has 0 atom stereocenters. The lowest BCUT2D eigenvalue weighted by Crippen LogP contribution is -2.20. The van der Waals surface area contributed by atoms with E-state index in [4.69, 9.17) is 10.6 Å². The van der Waals surface area contributed by atoms with Crippen LogP contribution in [0.15, 0.2) is 11.9 Å². The summed E-state index contributed by atoms with van der Waals surface area (Å²) in [7, 11) is 0. The minimum Gasteiger partial charge on any atom is -0.387 e.